The molecule has 6 nitrogen and oxygen atoms in total. The molecule has 1 aliphatic rings. The van der Waals surface area contributed by atoms with Gasteiger partial charge in [0.1, 0.15) is 0 Å². The molecular formula is C20H21N5O. The first-order valence-corrected chi connectivity index (χ1v) is 8.72. The quantitative estimate of drug-likeness (QED) is 0.790. The number of amides is 1. The van der Waals surface area contributed by atoms with Crippen LogP contribution >= 0.6 is 0 Å². The molecule has 0 aliphatic carbocycles. The Morgan fingerprint density at radius 1 is 1.15 bits per heavy atom. The Kier molecular flexibility index (Phi) is 3.83. The van der Waals surface area contributed by atoms with Crippen molar-refractivity contribution in [3.63, 3.8) is 0 Å². The van der Waals surface area contributed by atoms with E-state index >= 15 is 0 Å². The van der Waals surface area contributed by atoms with Crippen molar-refractivity contribution in [1.82, 2.24) is 20.6 Å². The van der Waals surface area contributed by atoms with Crippen molar-refractivity contribution in [1.29, 1.82) is 0 Å². The average Bonchev–Trinajstić information content (AvgIpc) is 3.31. The number of nitrogens with one attached hydrogen (secondary N) is 1. The van der Waals surface area contributed by atoms with Crippen molar-refractivity contribution in [2.45, 2.75) is 32.6 Å². The van der Waals surface area contributed by atoms with Gasteiger partial charge >= 0.3 is 0 Å². The zero-order valence-corrected chi connectivity index (χ0v) is 15.2. The molecule has 3 aromatic rings. The summed E-state index contributed by atoms with van der Waals surface area (Å²) in [5.74, 6) is 0.666. The molecule has 0 spiro atoms. The number of carbonyl (C=O) groups excluding carboxylic acids is 1. The van der Waals surface area contributed by atoms with Gasteiger partial charge < -0.3 is 4.90 Å². The number of hydrogen-bond donors (Lipinski definition) is 1. The van der Waals surface area contributed by atoms with E-state index in [-0.39, 0.29) is 11.3 Å². The Bertz CT molecular complexity index is 945. The van der Waals surface area contributed by atoms with Crippen LogP contribution in [0.2, 0.25) is 0 Å². The highest BCUT2D eigenvalue weighted by Crippen LogP contribution is 2.31. The number of nitrogens with zero attached hydrogens (tertiary/aromatic N) is 4. The molecule has 1 amide bonds. The van der Waals surface area contributed by atoms with Gasteiger partial charge in [-0.1, -0.05) is 29.5 Å². The maximum atomic E-state index is 13.0. The fourth-order valence-corrected chi connectivity index (χ4v) is 3.44. The monoisotopic (exact) mass is 347 g/mol. The minimum absolute atomic E-state index is 0.0401. The Labute approximate surface area is 152 Å². The van der Waals surface area contributed by atoms with Crippen LogP contribution < -0.4 is 4.90 Å². The molecule has 2 aromatic carbocycles. The van der Waals surface area contributed by atoms with E-state index in [1.54, 1.807) is 0 Å². The Morgan fingerprint density at radius 2 is 1.92 bits per heavy atom. The van der Waals surface area contributed by atoms with Crippen LogP contribution in [0.5, 0.6) is 0 Å². The maximum Gasteiger partial charge on any atom is 0.258 e. The van der Waals surface area contributed by atoms with E-state index in [1.165, 1.54) is 11.1 Å². The number of aryl methyl sites for hydroxylation is 1. The summed E-state index contributed by atoms with van der Waals surface area (Å²) in [6.07, 6.45) is 0.907. The normalized spacial score (nSPS) is 13.7. The molecule has 0 atom stereocenters. The highest BCUT2D eigenvalue weighted by molar-refractivity contribution is 6.07. The summed E-state index contributed by atoms with van der Waals surface area (Å²) in [4.78, 5) is 14.9. The van der Waals surface area contributed by atoms with Gasteiger partial charge in [-0.25, -0.2) is 0 Å². The van der Waals surface area contributed by atoms with Crippen molar-refractivity contribution < 1.29 is 4.79 Å². The van der Waals surface area contributed by atoms with Gasteiger partial charge in [-0.15, -0.1) is 10.2 Å². The second kappa shape index (κ2) is 6.05. The van der Waals surface area contributed by atoms with E-state index < -0.39 is 0 Å². The van der Waals surface area contributed by atoms with Gasteiger partial charge in [0.15, 0.2) is 5.82 Å². The molecule has 0 saturated carbocycles. The number of aromatic amines is 1. The lowest BCUT2D eigenvalue weighted by atomic mass is 9.83. The number of aromatic nitrogens is 4. The predicted molar refractivity (Wildman–Crippen MR) is 99.3 cm³/mol. The molecule has 0 unspecified atom stereocenters. The Hall–Kier alpha value is -3.02. The van der Waals surface area contributed by atoms with Gasteiger partial charge in [0.2, 0.25) is 0 Å². The number of carbonyl (C=O) groups is 1. The third kappa shape index (κ3) is 2.67. The molecule has 0 fully saturated rings. The SMILES string of the molecule is Cc1ccc2c(c1)N(C(=O)c1ccc(C(C)(C)c3nn[nH]n3)cc1)CC2. The second-order valence-corrected chi connectivity index (χ2v) is 7.28. The van der Waals surface area contributed by atoms with Crippen LogP contribution in [0.25, 0.3) is 0 Å². The summed E-state index contributed by atoms with van der Waals surface area (Å²) >= 11 is 0. The minimum Gasteiger partial charge on any atom is -0.308 e. The summed E-state index contributed by atoms with van der Waals surface area (Å²) in [6, 6.07) is 14.0. The van der Waals surface area contributed by atoms with Crippen molar-refractivity contribution in [2.75, 3.05) is 11.4 Å². The lowest BCUT2D eigenvalue weighted by Gasteiger charge is -2.22. The maximum absolute atomic E-state index is 13.0. The van der Waals surface area contributed by atoms with E-state index in [0.29, 0.717) is 11.4 Å². The van der Waals surface area contributed by atoms with Crippen LogP contribution in [-0.2, 0) is 11.8 Å². The molecule has 4 rings (SSSR count). The van der Waals surface area contributed by atoms with Gasteiger partial charge in [0.25, 0.3) is 5.91 Å². The molecule has 0 saturated heterocycles. The molecule has 0 bridgehead atoms. The van der Waals surface area contributed by atoms with Crippen LogP contribution in [0.3, 0.4) is 0 Å². The topological polar surface area (TPSA) is 74.8 Å². The molecule has 0 radical (unpaired) electrons. The van der Waals surface area contributed by atoms with Gasteiger partial charge in [0.05, 0.1) is 5.41 Å². The van der Waals surface area contributed by atoms with Crippen LogP contribution in [0, 0.1) is 6.92 Å². The standard InChI is InChI=1S/C20H21N5O/c1-13-4-5-14-10-11-25(17(14)12-13)18(26)15-6-8-16(9-7-15)20(2,3)19-21-23-24-22-19/h4-9,12H,10-11H2,1-3H3,(H,21,22,23,24). The van der Waals surface area contributed by atoms with Crippen molar-refractivity contribution in [2.24, 2.45) is 0 Å². The summed E-state index contributed by atoms with van der Waals surface area (Å²) < 4.78 is 0. The fourth-order valence-electron chi connectivity index (χ4n) is 3.44. The van der Waals surface area contributed by atoms with Crippen LogP contribution in [-0.4, -0.2) is 33.1 Å². The third-order valence-corrected chi connectivity index (χ3v) is 5.14. The second-order valence-electron chi connectivity index (χ2n) is 7.28. The van der Waals surface area contributed by atoms with Crippen LogP contribution in [0.15, 0.2) is 42.5 Å². The van der Waals surface area contributed by atoms with E-state index in [1.807, 2.05) is 43.0 Å². The lowest BCUT2D eigenvalue weighted by Crippen LogP contribution is -2.29. The number of H-pyrrole nitrogens is 1. The third-order valence-electron chi connectivity index (χ3n) is 5.14. The molecular weight excluding hydrogens is 326 g/mol. The first-order valence-electron chi connectivity index (χ1n) is 8.72. The number of tetrazole rings is 1. The van der Waals surface area contributed by atoms with Gasteiger partial charge in [0, 0.05) is 17.8 Å². The van der Waals surface area contributed by atoms with Crippen molar-refractivity contribution in [3.05, 3.63) is 70.5 Å². The predicted octanol–water partition coefficient (Wildman–Crippen LogP) is 3.04. The summed E-state index contributed by atoms with van der Waals surface area (Å²) in [5, 5.41) is 14.3. The van der Waals surface area contributed by atoms with Gasteiger partial charge in [-0.2, -0.15) is 5.21 Å². The van der Waals surface area contributed by atoms with E-state index in [4.69, 9.17) is 0 Å². The number of benzene rings is 2. The van der Waals surface area contributed by atoms with E-state index in [9.17, 15) is 4.79 Å². The summed E-state index contributed by atoms with van der Waals surface area (Å²) in [7, 11) is 0. The van der Waals surface area contributed by atoms with Crippen LogP contribution in [0.1, 0.15) is 46.7 Å². The first kappa shape index (κ1) is 16.4. The zero-order chi connectivity index (χ0) is 18.3. The summed E-state index contributed by atoms with van der Waals surface area (Å²) in [5.41, 5.74) is 4.78. The Morgan fingerprint density at radius 3 is 2.62 bits per heavy atom. The molecule has 132 valence electrons. The Balaban J connectivity index is 1.61. The number of rotatable bonds is 3. The minimum atomic E-state index is -0.383. The number of hydrogen-bond acceptors (Lipinski definition) is 4. The molecule has 1 N–H and O–H groups in total. The number of anilines is 1. The smallest absolute Gasteiger partial charge is 0.258 e. The highest BCUT2D eigenvalue weighted by atomic mass is 16.2. The van der Waals surface area contributed by atoms with Crippen molar-refractivity contribution in [3.8, 4) is 0 Å². The molecule has 2 heterocycles. The first-order chi connectivity index (χ1) is 12.5. The molecule has 26 heavy (non-hydrogen) atoms. The largest absolute Gasteiger partial charge is 0.308 e. The lowest BCUT2D eigenvalue weighted by molar-refractivity contribution is 0.0989. The molecule has 6 heteroatoms. The summed E-state index contributed by atoms with van der Waals surface area (Å²) in [6.45, 7) is 6.85. The van der Waals surface area contributed by atoms with Crippen LogP contribution in [0.4, 0.5) is 5.69 Å². The zero-order valence-electron chi connectivity index (χ0n) is 15.2. The van der Waals surface area contributed by atoms with E-state index in [0.717, 1.165) is 24.2 Å². The fraction of sp³-hybridized carbons (Fsp3) is 0.300. The van der Waals surface area contributed by atoms with Gasteiger partial charge in [-0.3, -0.25) is 4.79 Å². The van der Waals surface area contributed by atoms with Gasteiger partial charge in [-0.05, 0) is 62.1 Å². The average molecular weight is 347 g/mol. The molecule has 1 aliphatic heterocycles. The van der Waals surface area contributed by atoms with E-state index in [2.05, 4.69) is 45.7 Å². The molecule has 1 aromatic heterocycles. The number of fused-ring (bicyclic) bond motifs is 1. The highest BCUT2D eigenvalue weighted by Gasteiger charge is 2.29. The van der Waals surface area contributed by atoms with Crippen molar-refractivity contribution >= 4 is 11.6 Å².